The van der Waals surface area contributed by atoms with Crippen molar-refractivity contribution in [1.29, 1.82) is 0 Å². The van der Waals surface area contributed by atoms with Crippen molar-refractivity contribution in [3.8, 4) is 0 Å². The second kappa shape index (κ2) is 9.09. The van der Waals surface area contributed by atoms with Crippen molar-refractivity contribution in [2.75, 3.05) is 13.1 Å². The normalized spacial score (nSPS) is 16.1. The van der Waals surface area contributed by atoms with E-state index < -0.39 is 11.7 Å². The molecule has 0 spiro atoms. The Balaban J connectivity index is 1.77. The summed E-state index contributed by atoms with van der Waals surface area (Å²) < 4.78 is 2.74. The molecule has 1 fully saturated rings. The van der Waals surface area contributed by atoms with Crippen LogP contribution in [0.1, 0.15) is 41.1 Å². The first-order valence-corrected chi connectivity index (χ1v) is 12.8. The molecule has 0 unspecified atom stereocenters. The predicted octanol–water partition coefficient (Wildman–Crippen LogP) is 3.37. The molecule has 0 bridgehead atoms. The minimum Gasteiger partial charge on any atom is -0.391 e. The highest BCUT2D eigenvalue weighted by Gasteiger charge is 2.32. The molecule has 2 aromatic heterocycles. The molecular weight excluding hydrogens is 462 g/mol. The van der Waals surface area contributed by atoms with Crippen molar-refractivity contribution in [3.63, 3.8) is 0 Å². The second-order valence-corrected chi connectivity index (χ2v) is 10.8. The third kappa shape index (κ3) is 4.10. The zero-order valence-electron chi connectivity index (χ0n) is 20.2. The number of β-amino-alcohol motifs (C(OH)–C–C–N with tert-alkyl or cyclic N) is 1. The van der Waals surface area contributed by atoms with Crippen LogP contribution in [0.2, 0.25) is 0 Å². The number of benzene rings is 2. The highest BCUT2D eigenvalue weighted by atomic mass is 32.1. The van der Waals surface area contributed by atoms with E-state index in [1.807, 2.05) is 38.1 Å². The number of fused-ring (bicyclic) bond motifs is 2. The van der Waals surface area contributed by atoms with Crippen molar-refractivity contribution < 1.29 is 9.90 Å². The maximum atomic E-state index is 13.8. The van der Waals surface area contributed by atoms with E-state index in [0.717, 1.165) is 25.8 Å². The first-order valence-electron chi connectivity index (χ1n) is 12.0. The van der Waals surface area contributed by atoms with Crippen molar-refractivity contribution in [3.05, 3.63) is 79.3 Å². The summed E-state index contributed by atoms with van der Waals surface area (Å²) in [6.45, 7) is 5.18. The third-order valence-corrected chi connectivity index (χ3v) is 7.90. The van der Waals surface area contributed by atoms with Crippen LogP contribution in [-0.4, -0.2) is 44.2 Å². The Morgan fingerprint density at radius 1 is 1.14 bits per heavy atom. The Hall–Kier alpha value is -3.23. The van der Waals surface area contributed by atoms with E-state index in [0.29, 0.717) is 41.7 Å². The van der Waals surface area contributed by atoms with Gasteiger partial charge in [0.25, 0.3) is 11.5 Å². The summed E-state index contributed by atoms with van der Waals surface area (Å²) >= 11 is 1.36. The van der Waals surface area contributed by atoms with Gasteiger partial charge in [0.05, 0.1) is 17.1 Å². The van der Waals surface area contributed by atoms with Gasteiger partial charge < -0.3 is 10.0 Å². The fraction of sp³-hybridized carbons (Fsp3) is 0.370. The molecule has 0 aliphatic carbocycles. The molecule has 3 heterocycles. The second-order valence-electron chi connectivity index (χ2n) is 9.74. The molecule has 0 radical (unpaired) electrons. The Kier molecular flexibility index (Phi) is 6.11. The van der Waals surface area contributed by atoms with E-state index in [4.69, 9.17) is 0 Å². The molecule has 1 saturated heterocycles. The molecule has 1 N–H and O–H groups in total. The lowest BCUT2D eigenvalue weighted by Gasteiger charge is -2.17. The predicted molar refractivity (Wildman–Crippen MR) is 139 cm³/mol. The molecule has 5 rings (SSSR count). The molecule has 8 heteroatoms. The highest BCUT2D eigenvalue weighted by molar-refractivity contribution is 7.19. The van der Waals surface area contributed by atoms with Gasteiger partial charge in [-0.3, -0.25) is 18.7 Å². The number of amides is 1. The molecule has 2 aromatic carbocycles. The van der Waals surface area contributed by atoms with Crippen LogP contribution in [-0.2, 0) is 20.0 Å². The summed E-state index contributed by atoms with van der Waals surface area (Å²) in [5.74, 6) is -0.0696. The summed E-state index contributed by atoms with van der Waals surface area (Å²) in [5, 5.41) is 12.6. The van der Waals surface area contributed by atoms with E-state index >= 15 is 0 Å². The minimum absolute atomic E-state index is 0.185. The van der Waals surface area contributed by atoms with Crippen molar-refractivity contribution in [2.24, 2.45) is 13.0 Å². The van der Waals surface area contributed by atoms with Crippen LogP contribution in [0.15, 0.2) is 52.1 Å². The zero-order valence-corrected chi connectivity index (χ0v) is 21.0. The molecule has 35 heavy (non-hydrogen) atoms. The smallest absolute Gasteiger partial charge is 0.331 e. The van der Waals surface area contributed by atoms with Gasteiger partial charge in [0.15, 0.2) is 0 Å². The summed E-state index contributed by atoms with van der Waals surface area (Å²) in [4.78, 5) is 43.2. The number of thiophene rings is 1. The Bertz CT molecular complexity index is 1560. The van der Waals surface area contributed by atoms with Gasteiger partial charge in [-0.15, -0.1) is 11.3 Å². The number of carbonyl (C=O) groups excluding carboxylic acids is 1. The number of aromatic nitrogens is 2. The first kappa shape index (κ1) is 23.5. The standard InChI is InChI=1S/C27H29N3O4S/c1-16(2)14-30-26-23(24(32)28(3)27(30)34)22(25(33)29-12-11-19(31)15-29)21(35-26)13-18-9-6-8-17-7-4-5-10-20(17)18/h4-10,16,19,31H,11-15H2,1-3H3/t19-/m1/s1. The molecule has 4 aromatic rings. The van der Waals surface area contributed by atoms with Crippen molar-refractivity contribution in [2.45, 2.75) is 39.3 Å². The Morgan fingerprint density at radius 2 is 1.89 bits per heavy atom. The maximum Gasteiger partial charge on any atom is 0.331 e. The minimum atomic E-state index is -0.563. The first-order chi connectivity index (χ1) is 16.8. The quantitative estimate of drug-likeness (QED) is 0.464. The fourth-order valence-corrected chi connectivity index (χ4v) is 6.26. The lowest BCUT2D eigenvalue weighted by atomic mass is 9.99. The fourth-order valence-electron chi connectivity index (χ4n) is 4.96. The van der Waals surface area contributed by atoms with Crippen LogP contribution >= 0.6 is 11.3 Å². The van der Waals surface area contributed by atoms with Crippen LogP contribution in [0, 0.1) is 5.92 Å². The monoisotopic (exact) mass is 491 g/mol. The molecule has 1 amide bonds. The van der Waals surface area contributed by atoms with Crippen LogP contribution in [0.25, 0.3) is 21.0 Å². The van der Waals surface area contributed by atoms with Gasteiger partial charge in [0, 0.05) is 38.0 Å². The largest absolute Gasteiger partial charge is 0.391 e. The van der Waals surface area contributed by atoms with Gasteiger partial charge in [0.1, 0.15) is 4.83 Å². The Morgan fingerprint density at radius 3 is 2.60 bits per heavy atom. The zero-order chi connectivity index (χ0) is 24.9. The molecule has 1 aliphatic heterocycles. The average Bonchev–Trinajstić information content (AvgIpc) is 3.44. The molecular formula is C27H29N3O4S. The van der Waals surface area contributed by atoms with E-state index in [9.17, 15) is 19.5 Å². The summed E-state index contributed by atoms with van der Waals surface area (Å²) in [5.41, 5.74) is 0.600. The van der Waals surface area contributed by atoms with E-state index in [-0.39, 0.29) is 24.1 Å². The Labute approximate surface area is 206 Å². The average molecular weight is 492 g/mol. The van der Waals surface area contributed by atoms with Gasteiger partial charge in [0.2, 0.25) is 0 Å². The number of aliphatic hydroxyl groups is 1. The number of hydrogen-bond donors (Lipinski definition) is 1. The van der Waals surface area contributed by atoms with Gasteiger partial charge in [-0.05, 0) is 28.7 Å². The van der Waals surface area contributed by atoms with Gasteiger partial charge in [-0.1, -0.05) is 56.3 Å². The van der Waals surface area contributed by atoms with Gasteiger partial charge in [-0.2, -0.15) is 0 Å². The van der Waals surface area contributed by atoms with E-state index in [1.54, 1.807) is 9.47 Å². The van der Waals surface area contributed by atoms with Crippen molar-refractivity contribution in [1.82, 2.24) is 14.0 Å². The van der Waals surface area contributed by atoms with Crippen LogP contribution in [0.3, 0.4) is 0 Å². The van der Waals surface area contributed by atoms with E-state index in [1.165, 1.54) is 18.4 Å². The number of nitrogens with zero attached hydrogens (tertiary/aromatic N) is 3. The number of likely N-dealkylation sites (tertiary alicyclic amines) is 1. The lowest BCUT2D eigenvalue weighted by Crippen LogP contribution is -2.39. The summed E-state index contributed by atoms with van der Waals surface area (Å²) in [7, 11) is 1.47. The molecule has 0 saturated carbocycles. The third-order valence-electron chi connectivity index (χ3n) is 6.69. The SMILES string of the molecule is CC(C)Cn1c(=O)n(C)c(=O)c2c(C(=O)N3CC[C@@H](O)C3)c(Cc3cccc4ccccc34)sc21. The number of aliphatic hydroxyl groups excluding tert-OH is 1. The highest BCUT2D eigenvalue weighted by Crippen LogP contribution is 2.34. The lowest BCUT2D eigenvalue weighted by molar-refractivity contribution is 0.0766. The van der Waals surface area contributed by atoms with Crippen LogP contribution in [0.5, 0.6) is 0 Å². The van der Waals surface area contributed by atoms with Crippen LogP contribution in [0.4, 0.5) is 0 Å². The van der Waals surface area contributed by atoms with Gasteiger partial charge in [-0.25, -0.2) is 4.79 Å². The molecule has 182 valence electrons. The van der Waals surface area contributed by atoms with Crippen LogP contribution < -0.4 is 11.2 Å². The van der Waals surface area contributed by atoms with E-state index in [2.05, 4.69) is 18.2 Å². The molecule has 1 aliphatic rings. The van der Waals surface area contributed by atoms with Gasteiger partial charge >= 0.3 is 5.69 Å². The topological polar surface area (TPSA) is 84.5 Å². The summed E-state index contributed by atoms with van der Waals surface area (Å²) in [6, 6.07) is 14.2. The maximum absolute atomic E-state index is 13.8. The molecule has 7 nitrogen and oxygen atoms in total. The number of carbonyl (C=O) groups is 1. The van der Waals surface area contributed by atoms with Crippen molar-refractivity contribution >= 4 is 38.2 Å². The molecule has 1 atom stereocenters. The number of hydrogen-bond acceptors (Lipinski definition) is 5. The summed E-state index contributed by atoms with van der Waals surface area (Å²) in [6.07, 6.45) is 0.423. The number of rotatable bonds is 5.